The fourth-order valence-electron chi connectivity index (χ4n) is 2.19. The number of hydrogen-bond acceptors (Lipinski definition) is 3. The van der Waals surface area contributed by atoms with Crippen LogP contribution in [0.2, 0.25) is 0 Å². The number of carbonyl (C=O) groups excluding carboxylic acids is 1. The van der Waals surface area contributed by atoms with E-state index in [0.29, 0.717) is 13.0 Å². The van der Waals surface area contributed by atoms with Gasteiger partial charge in [0.15, 0.2) is 0 Å². The highest BCUT2D eigenvalue weighted by atomic mass is 16.5. The molecule has 0 bridgehead atoms. The molecule has 2 rings (SSSR count). The van der Waals surface area contributed by atoms with Crippen molar-refractivity contribution in [2.45, 2.75) is 26.8 Å². The summed E-state index contributed by atoms with van der Waals surface area (Å²) in [7, 11) is 1.65. The summed E-state index contributed by atoms with van der Waals surface area (Å²) in [6.07, 6.45) is 2.09. The van der Waals surface area contributed by atoms with Gasteiger partial charge in [-0.15, -0.1) is 0 Å². The fraction of sp³-hybridized carbons (Fsp3) is 0.294. The van der Waals surface area contributed by atoms with Crippen LogP contribution in [0, 0.1) is 13.8 Å². The Morgan fingerprint density at radius 3 is 2.71 bits per heavy atom. The SMILES string of the molecule is COc1cc(C)c(CC(=O)NCc2ccccn2)cc1C. The van der Waals surface area contributed by atoms with Crippen LogP contribution in [0.1, 0.15) is 22.4 Å². The molecule has 0 saturated carbocycles. The number of benzene rings is 1. The molecule has 2 aromatic rings. The van der Waals surface area contributed by atoms with E-state index in [0.717, 1.165) is 28.1 Å². The quantitative estimate of drug-likeness (QED) is 0.918. The second-order valence-corrected chi connectivity index (χ2v) is 5.02. The second-order valence-electron chi connectivity index (χ2n) is 5.02. The van der Waals surface area contributed by atoms with Crippen LogP contribution in [0.4, 0.5) is 0 Å². The number of rotatable bonds is 5. The van der Waals surface area contributed by atoms with E-state index in [4.69, 9.17) is 4.74 Å². The summed E-state index contributed by atoms with van der Waals surface area (Å²) in [5, 5.41) is 2.89. The number of ether oxygens (including phenoxy) is 1. The molecule has 0 radical (unpaired) electrons. The predicted octanol–water partition coefficient (Wildman–Crippen LogP) is 2.57. The van der Waals surface area contributed by atoms with E-state index in [1.54, 1.807) is 13.3 Å². The standard InChI is InChI=1S/C17H20N2O2/c1-12-9-16(21-3)13(2)8-14(12)10-17(20)19-11-15-6-4-5-7-18-15/h4-9H,10-11H2,1-3H3,(H,19,20). The van der Waals surface area contributed by atoms with Gasteiger partial charge in [-0.25, -0.2) is 0 Å². The van der Waals surface area contributed by atoms with Crippen molar-refractivity contribution >= 4 is 5.91 Å². The average molecular weight is 284 g/mol. The normalized spacial score (nSPS) is 10.2. The molecular formula is C17H20N2O2. The molecule has 21 heavy (non-hydrogen) atoms. The number of carbonyl (C=O) groups is 1. The van der Waals surface area contributed by atoms with Crippen molar-refractivity contribution in [1.82, 2.24) is 10.3 Å². The fourth-order valence-corrected chi connectivity index (χ4v) is 2.19. The number of amides is 1. The van der Waals surface area contributed by atoms with Gasteiger partial charge < -0.3 is 10.1 Å². The molecule has 0 saturated heterocycles. The van der Waals surface area contributed by atoms with E-state index in [-0.39, 0.29) is 5.91 Å². The predicted molar refractivity (Wildman–Crippen MR) is 82.3 cm³/mol. The molecule has 1 aromatic heterocycles. The summed E-state index contributed by atoms with van der Waals surface area (Å²) in [6.45, 7) is 4.42. The van der Waals surface area contributed by atoms with Crippen LogP contribution in [0.3, 0.4) is 0 Å². The first-order valence-electron chi connectivity index (χ1n) is 6.91. The topological polar surface area (TPSA) is 51.2 Å². The van der Waals surface area contributed by atoms with Crippen LogP contribution < -0.4 is 10.1 Å². The third-order valence-corrected chi connectivity index (χ3v) is 3.40. The van der Waals surface area contributed by atoms with Gasteiger partial charge in [0.05, 0.1) is 25.8 Å². The first-order chi connectivity index (χ1) is 10.1. The van der Waals surface area contributed by atoms with E-state index in [1.807, 2.05) is 44.2 Å². The number of methoxy groups -OCH3 is 1. The Kier molecular flexibility index (Phi) is 4.93. The van der Waals surface area contributed by atoms with Gasteiger partial charge in [0.1, 0.15) is 5.75 Å². The van der Waals surface area contributed by atoms with Gasteiger partial charge in [0, 0.05) is 6.20 Å². The number of pyridine rings is 1. The van der Waals surface area contributed by atoms with Crippen molar-refractivity contribution in [3.8, 4) is 5.75 Å². The van der Waals surface area contributed by atoms with Gasteiger partial charge >= 0.3 is 0 Å². The molecule has 4 nitrogen and oxygen atoms in total. The monoisotopic (exact) mass is 284 g/mol. The van der Waals surface area contributed by atoms with Crippen molar-refractivity contribution in [2.75, 3.05) is 7.11 Å². The third-order valence-electron chi connectivity index (χ3n) is 3.40. The molecule has 0 fully saturated rings. The van der Waals surface area contributed by atoms with Gasteiger partial charge in [-0.1, -0.05) is 12.1 Å². The van der Waals surface area contributed by atoms with E-state index < -0.39 is 0 Å². The first kappa shape index (κ1) is 15.0. The molecule has 0 spiro atoms. The van der Waals surface area contributed by atoms with Gasteiger partial charge in [-0.3, -0.25) is 9.78 Å². The highest BCUT2D eigenvalue weighted by Gasteiger charge is 2.09. The Labute approximate surface area is 125 Å². The van der Waals surface area contributed by atoms with Crippen LogP contribution in [-0.2, 0) is 17.8 Å². The van der Waals surface area contributed by atoms with Crippen LogP contribution >= 0.6 is 0 Å². The zero-order chi connectivity index (χ0) is 15.2. The van der Waals surface area contributed by atoms with Gasteiger partial charge in [-0.2, -0.15) is 0 Å². The summed E-state index contributed by atoms with van der Waals surface area (Å²) in [6, 6.07) is 9.63. The summed E-state index contributed by atoms with van der Waals surface area (Å²) >= 11 is 0. The van der Waals surface area contributed by atoms with Crippen molar-refractivity contribution < 1.29 is 9.53 Å². The molecule has 4 heteroatoms. The van der Waals surface area contributed by atoms with Gasteiger partial charge in [0.2, 0.25) is 5.91 Å². The van der Waals surface area contributed by atoms with Crippen LogP contribution in [-0.4, -0.2) is 18.0 Å². The number of aromatic nitrogens is 1. The zero-order valence-electron chi connectivity index (χ0n) is 12.6. The molecule has 1 heterocycles. The Hall–Kier alpha value is -2.36. The minimum Gasteiger partial charge on any atom is -0.496 e. The lowest BCUT2D eigenvalue weighted by Crippen LogP contribution is -2.25. The van der Waals surface area contributed by atoms with Crippen molar-refractivity contribution in [3.05, 3.63) is 58.9 Å². The van der Waals surface area contributed by atoms with E-state index in [9.17, 15) is 4.79 Å². The smallest absolute Gasteiger partial charge is 0.224 e. The largest absolute Gasteiger partial charge is 0.496 e. The van der Waals surface area contributed by atoms with Crippen molar-refractivity contribution in [3.63, 3.8) is 0 Å². The summed E-state index contributed by atoms with van der Waals surface area (Å²) in [5.41, 5.74) is 3.97. The lowest BCUT2D eigenvalue weighted by molar-refractivity contribution is -0.120. The summed E-state index contributed by atoms with van der Waals surface area (Å²) < 4.78 is 5.28. The Balaban J connectivity index is 1.98. The molecule has 0 unspecified atom stereocenters. The Morgan fingerprint density at radius 1 is 1.24 bits per heavy atom. The van der Waals surface area contributed by atoms with E-state index in [1.165, 1.54) is 0 Å². The van der Waals surface area contributed by atoms with E-state index >= 15 is 0 Å². The maximum atomic E-state index is 12.0. The minimum absolute atomic E-state index is 0.00619. The van der Waals surface area contributed by atoms with Crippen molar-refractivity contribution in [2.24, 2.45) is 0 Å². The maximum Gasteiger partial charge on any atom is 0.224 e. The molecule has 1 aromatic carbocycles. The van der Waals surface area contributed by atoms with Crippen LogP contribution in [0.25, 0.3) is 0 Å². The minimum atomic E-state index is -0.00619. The van der Waals surface area contributed by atoms with Crippen LogP contribution in [0.15, 0.2) is 36.5 Å². The Bertz CT molecular complexity index is 624. The van der Waals surface area contributed by atoms with Crippen molar-refractivity contribution in [1.29, 1.82) is 0 Å². The molecule has 1 amide bonds. The highest BCUT2D eigenvalue weighted by Crippen LogP contribution is 2.22. The molecule has 0 atom stereocenters. The Morgan fingerprint density at radius 2 is 2.05 bits per heavy atom. The number of nitrogens with one attached hydrogen (secondary N) is 1. The first-order valence-corrected chi connectivity index (χ1v) is 6.91. The third kappa shape index (κ3) is 4.05. The molecule has 0 aliphatic rings. The molecule has 1 N–H and O–H groups in total. The average Bonchev–Trinajstić information content (AvgIpc) is 2.49. The number of nitrogens with zero attached hydrogens (tertiary/aromatic N) is 1. The van der Waals surface area contributed by atoms with Gasteiger partial charge in [-0.05, 0) is 48.7 Å². The number of aryl methyl sites for hydroxylation is 2. The summed E-state index contributed by atoms with van der Waals surface area (Å²) in [5.74, 6) is 0.846. The lowest BCUT2D eigenvalue weighted by Gasteiger charge is -2.11. The van der Waals surface area contributed by atoms with Crippen LogP contribution in [0.5, 0.6) is 5.75 Å². The molecular weight excluding hydrogens is 264 g/mol. The molecule has 0 aliphatic heterocycles. The zero-order valence-corrected chi connectivity index (χ0v) is 12.6. The van der Waals surface area contributed by atoms with Gasteiger partial charge in [0.25, 0.3) is 0 Å². The molecule has 0 aliphatic carbocycles. The lowest BCUT2D eigenvalue weighted by atomic mass is 10.0. The second kappa shape index (κ2) is 6.88. The molecule has 110 valence electrons. The summed E-state index contributed by atoms with van der Waals surface area (Å²) in [4.78, 5) is 16.2. The number of hydrogen-bond donors (Lipinski definition) is 1. The maximum absolute atomic E-state index is 12.0. The highest BCUT2D eigenvalue weighted by molar-refractivity contribution is 5.79. The van der Waals surface area contributed by atoms with E-state index in [2.05, 4.69) is 10.3 Å².